The van der Waals surface area contributed by atoms with Crippen molar-refractivity contribution in [1.29, 1.82) is 0 Å². The maximum absolute atomic E-state index is 12.3. The molecule has 0 saturated carbocycles. The number of amides is 2. The molecule has 164 valence electrons. The lowest BCUT2D eigenvalue weighted by molar-refractivity contribution is -0.144. The van der Waals surface area contributed by atoms with Crippen LogP contribution in [0.15, 0.2) is 84.9 Å². The summed E-state index contributed by atoms with van der Waals surface area (Å²) in [7, 11) is 0. The number of rotatable bonds is 10. The van der Waals surface area contributed by atoms with Gasteiger partial charge in [-0.1, -0.05) is 54.6 Å². The minimum absolute atomic E-state index is 0.0155. The minimum atomic E-state index is -0.392. The van der Waals surface area contributed by atoms with Gasteiger partial charge in [-0.3, -0.25) is 14.4 Å². The van der Waals surface area contributed by atoms with Crippen LogP contribution in [0.1, 0.15) is 35.2 Å². The topological polar surface area (TPSA) is 84.5 Å². The van der Waals surface area contributed by atoms with Crippen molar-refractivity contribution in [2.75, 3.05) is 17.2 Å². The summed E-state index contributed by atoms with van der Waals surface area (Å²) >= 11 is 0. The molecule has 0 unspecified atom stereocenters. The highest BCUT2D eigenvalue weighted by molar-refractivity contribution is 6.04. The third kappa shape index (κ3) is 7.72. The number of ether oxygens (including phenoxy) is 1. The second-order valence-corrected chi connectivity index (χ2v) is 7.26. The average Bonchev–Trinajstić information content (AvgIpc) is 2.82. The maximum Gasteiger partial charge on any atom is 0.306 e. The number of benzene rings is 3. The van der Waals surface area contributed by atoms with Crippen molar-refractivity contribution in [3.63, 3.8) is 0 Å². The molecule has 3 aromatic rings. The van der Waals surface area contributed by atoms with Crippen LogP contribution in [0.2, 0.25) is 0 Å². The Morgan fingerprint density at radius 3 is 2.09 bits per heavy atom. The number of hydrogen-bond donors (Lipinski definition) is 2. The molecule has 0 saturated heterocycles. The molecule has 0 aromatic heterocycles. The van der Waals surface area contributed by atoms with Gasteiger partial charge in [-0.2, -0.15) is 0 Å². The summed E-state index contributed by atoms with van der Waals surface area (Å²) in [6, 6.07) is 25.7. The van der Waals surface area contributed by atoms with Crippen LogP contribution in [0.25, 0.3) is 0 Å². The van der Waals surface area contributed by atoms with E-state index in [2.05, 4.69) is 10.6 Å². The van der Waals surface area contributed by atoms with E-state index in [-0.39, 0.29) is 24.7 Å². The first-order chi connectivity index (χ1) is 15.6. The smallest absolute Gasteiger partial charge is 0.306 e. The average molecular weight is 431 g/mol. The SMILES string of the molecule is O=C(CCC(=O)OCCCc1ccccc1)Nc1cccc(NC(=O)c2ccccc2)c1. The zero-order chi connectivity index (χ0) is 22.6. The first kappa shape index (κ1) is 22.7. The van der Waals surface area contributed by atoms with Crippen LogP contribution in [0.4, 0.5) is 11.4 Å². The summed E-state index contributed by atoms with van der Waals surface area (Å²) in [6.45, 7) is 0.332. The van der Waals surface area contributed by atoms with Crippen molar-refractivity contribution in [3.8, 4) is 0 Å². The Balaban J connectivity index is 1.37. The van der Waals surface area contributed by atoms with Crippen molar-refractivity contribution in [2.45, 2.75) is 25.7 Å². The molecule has 6 nitrogen and oxygen atoms in total. The summed E-state index contributed by atoms with van der Waals surface area (Å²) in [5.41, 5.74) is 2.85. The Bertz CT molecular complexity index is 1040. The zero-order valence-corrected chi connectivity index (χ0v) is 17.8. The molecule has 3 rings (SSSR count). The predicted molar refractivity (Wildman–Crippen MR) is 124 cm³/mol. The van der Waals surface area contributed by atoms with E-state index in [9.17, 15) is 14.4 Å². The lowest BCUT2D eigenvalue weighted by atomic mass is 10.1. The van der Waals surface area contributed by atoms with E-state index in [0.717, 1.165) is 12.8 Å². The van der Waals surface area contributed by atoms with Gasteiger partial charge in [0.05, 0.1) is 13.0 Å². The number of nitrogens with one attached hydrogen (secondary N) is 2. The Morgan fingerprint density at radius 1 is 0.719 bits per heavy atom. The summed E-state index contributed by atoms with van der Waals surface area (Å²) in [4.78, 5) is 36.3. The number of hydrogen-bond acceptors (Lipinski definition) is 4. The second kappa shape index (κ2) is 12.1. The number of carbonyl (C=O) groups excluding carboxylic acids is 3. The van der Waals surface area contributed by atoms with Gasteiger partial charge in [0.1, 0.15) is 0 Å². The quantitative estimate of drug-likeness (QED) is 0.356. The fraction of sp³-hybridized carbons (Fsp3) is 0.192. The Labute approximate surface area is 187 Å². The van der Waals surface area contributed by atoms with E-state index < -0.39 is 5.97 Å². The lowest BCUT2D eigenvalue weighted by Crippen LogP contribution is -2.15. The van der Waals surface area contributed by atoms with Crippen molar-refractivity contribution in [1.82, 2.24) is 0 Å². The molecule has 6 heteroatoms. The van der Waals surface area contributed by atoms with Gasteiger partial charge in [-0.15, -0.1) is 0 Å². The van der Waals surface area contributed by atoms with Crippen molar-refractivity contribution < 1.29 is 19.1 Å². The molecule has 2 amide bonds. The third-order valence-corrected chi connectivity index (χ3v) is 4.71. The highest BCUT2D eigenvalue weighted by Gasteiger charge is 2.10. The van der Waals surface area contributed by atoms with Crippen LogP contribution < -0.4 is 10.6 Å². The maximum atomic E-state index is 12.3. The summed E-state index contributed by atoms with van der Waals surface area (Å²) in [5.74, 6) is -0.918. The summed E-state index contributed by atoms with van der Waals surface area (Å²) in [5, 5.41) is 5.54. The molecule has 3 aromatic carbocycles. The molecule has 0 fully saturated rings. The fourth-order valence-electron chi connectivity index (χ4n) is 3.09. The van der Waals surface area contributed by atoms with E-state index in [1.165, 1.54) is 5.56 Å². The number of anilines is 2. The molecular formula is C26H26N2O4. The van der Waals surface area contributed by atoms with Gasteiger partial charge >= 0.3 is 5.97 Å². The molecule has 0 aliphatic rings. The van der Waals surface area contributed by atoms with E-state index >= 15 is 0 Å². The number of aryl methyl sites for hydroxylation is 1. The van der Waals surface area contributed by atoms with Gasteiger partial charge in [-0.05, 0) is 48.7 Å². The summed E-state index contributed by atoms with van der Waals surface area (Å²) < 4.78 is 5.20. The molecular weight excluding hydrogens is 404 g/mol. The van der Waals surface area contributed by atoms with Crippen LogP contribution in [0.5, 0.6) is 0 Å². The largest absolute Gasteiger partial charge is 0.466 e. The Morgan fingerprint density at radius 2 is 1.38 bits per heavy atom. The van der Waals surface area contributed by atoms with Gasteiger partial charge < -0.3 is 15.4 Å². The van der Waals surface area contributed by atoms with Crippen molar-refractivity contribution in [2.24, 2.45) is 0 Å². The molecule has 0 aliphatic carbocycles. The van der Waals surface area contributed by atoms with E-state index in [1.807, 2.05) is 36.4 Å². The normalized spacial score (nSPS) is 10.2. The number of carbonyl (C=O) groups is 3. The van der Waals surface area contributed by atoms with Gasteiger partial charge in [0.15, 0.2) is 0 Å². The third-order valence-electron chi connectivity index (χ3n) is 4.71. The monoisotopic (exact) mass is 430 g/mol. The van der Waals surface area contributed by atoms with Crippen molar-refractivity contribution >= 4 is 29.2 Å². The molecule has 0 radical (unpaired) electrons. The van der Waals surface area contributed by atoms with E-state index in [4.69, 9.17) is 4.74 Å². The first-order valence-corrected chi connectivity index (χ1v) is 10.6. The molecule has 32 heavy (non-hydrogen) atoms. The fourth-order valence-corrected chi connectivity index (χ4v) is 3.09. The summed E-state index contributed by atoms with van der Waals surface area (Å²) in [6.07, 6.45) is 1.62. The molecule has 0 aliphatic heterocycles. The molecule has 0 atom stereocenters. The number of esters is 1. The Kier molecular flexibility index (Phi) is 8.57. The van der Waals surface area contributed by atoms with Gasteiger partial charge in [0.2, 0.25) is 5.91 Å². The molecule has 0 bridgehead atoms. The molecule has 0 spiro atoms. The van der Waals surface area contributed by atoms with Gasteiger partial charge in [0.25, 0.3) is 5.91 Å². The lowest BCUT2D eigenvalue weighted by Gasteiger charge is -2.09. The van der Waals surface area contributed by atoms with Crippen LogP contribution in [-0.4, -0.2) is 24.4 Å². The van der Waals surface area contributed by atoms with Crippen LogP contribution in [-0.2, 0) is 20.7 Å². The molecule has 2 N–H and O–H groups in total. The highest BCUT2D eigenvalue weighted by Crippen LogP contribution is 2.16. The van der Waals surface area contributed by atoms with Crippen LogP contribution >= 0.6 is 0 Å². The zero-order valence-electron chi connectivity index (χ0n) is 17.8. The van der Waals surface area contributed by atoms with E-state index in [1.54, 1.807) is 48.5 Å². The standard InChI is InChI=1S/C26H26N2O4/c29-24(16-17-25(30)32-18-8-11-20-9-3-1-4-10-20)27-22-14-7-15-23(19-22)28-26(31)21-12-5-2-6-13-21/h1-7,9-10,12-15,19H,8,11,16-18H2,(H,27,29)(H,28,31). The van der Waals surface area contributed by atoms with Crippen LogP contribution in [0, 0.1) is 0 Å². The van der Waals surface area contributed by atoms with Crippen LogP contribution in [0.3, 0.4) is 0 Å². The van der Waals surface area contributed by atoms with Crippen molar-refractivity contribution in [3.05, 3.63) is 96.1 Å². The van der Waals surface area contributed by atoms with Gasteiger partial charge in [0, 0.05) is 23.4 Å². The van der Waals surface area contributed by atoms with E-state index in [0.29, 0.717) is 23.5 Å². The molecule has 0 heterocycles. The first-order valence-electron chi connectivity index (χ1n) is 10.6. The minimum Gasteiger partial charge on any atom is -0.466 e. The Hall–Kier alpha value is -3.93. The highest BCUT2D eigenvalue weighted by atomic mass is 16.5. The predicted octanol–water partition coefficient (Wildman–Crippen LogP) is 4.83. The second-order valence-electron chi connectivity index (χ2n) is 7.26. The van der Waals surface area contributed by atoms with Gasteiger partial charge in [-0.25, -0.2) is 0 Å².